The largest absolute Gasteiger partial charge is 0.384 e. The van der Waals surface area contributed by atoms with Crippen LogP contribution in [0.25, 0.3) is 0 Å². The topological polar surface area (TPSA) is 58.6 Å². The van der Waals surface area contributed by atoms with Gasteiger partial charge in [0.2, 0.25) is 10.0 Å². The number of halogens is 1. The fourth-order valence-electron chi connectivity index (χ4n) is 2.59. The first-order valence-corrected chi connectivity index (χ1v) is 9.96. The second kappa shape index (κ2) is 7.52. The highest BCUT2D eigenvalue weighted by Gasteiger charge is 2.32. The van der Waals surface area contributed by atoms with Gasteiger partial charge in [0, 0.05) is 31.6 Å². The maximum absolute atomic E-state index is 12.8. The average Bonchev–Trinajstić information content (AvgIpc) is 2.81. The Balaban J connectivity index is 2.20. The standard InChI is InChI=1S/C13H21BrN2O3S2/c1-15-7-11-6-12(13(14)20-11)21(17,18)16-5-3-4-10(8-16)9-19-2/h6,10,15H,3-5,7-9H2,1-2H3. The number of hydrogen-bond donors (Lipinski definition) is 1. The molecule has 1 aliphatic rings. The molecule has 1 unspecified atom stereocenters. The van der Waals surface area contributed by atoms with Crippen LogP contribution in [-0.4, -0.2) is 46.6 Å². The molecule has 0 aliphatic carbocycles. The summed E-state index contributed by atoms with van der Waals surface area (Å²) in [7, 11) is 0.0808. The summed E-state index contributed by atoms with van der Waals surface area (Å²) >= 11 is 4.86. The van der Waals surface area contributed by atoms with E-state index in [0.29, 0.717) is 34.9 Å². The van der Waals surface area contributed by atoms with Gasteiger partial charge in [-0.25, -0.2) is 8.42 Å². The number of hydrogen-bond acceptors (Lipinski definition) is 5. The molecule has 1 aliphatic heterocycles. The minimum atomic E-state index is -3.43. The van der Waals surface area contributed by atoms with E-state index >= 15 is 0 Å². The summed E-state index contributed by atoms with van der Waals surface area (Å²) in [6.45, 7) is 2.42. The van der Waals surface area contributed by atoms with Crippen LogP contribution in [-0.2, 0) is 21.3 Å². The van der Waals surface area contributed by atoms with Gasteiger partial charge in [0.05, 0.1) is 10.4 Å². The Morgan fingerprint density at radius 3 is 3.00 bits per heavy atom. The Hall–Kier alpha value is 0.01000. The Bertz CT molecular complexity index is 572. The van der Waals surface area contributed by atoms with Crippen LogP contribution in [0.5, 0.6) is 0 Å². The summed E-state index contributed by atoms with van der Waals surface area (Å²) < 4.78 is 33.1. The van der Waals surface area contributed by atoms with Crippen molar-refractivity contribution in [1.82, 2.24) is 9.62 Å². The molecule has 0 spiro atoms. The number of thiophene rings is 1. The van der Waals surface area contributed by atoms with Crippen LogP contribution in [0.4, 0.5) is 0 Å². The Morgan fingerprint density at radius 2 is 2.33 bits per heavy atom. The van der Waals surface area contributed by atoms with Gasteiger partial charge in [0.15, 0.2) is 0 Å². The normalized spacial score (nSPS) is 20.8. The molecule has 2 rings (SSSR count). The fraction of sp³-hybridized carbons (Fsp3) is 0.692. The van der Waals surface area contributed by atoms with Gasteiger partial charge in [-0.05, 0) is 47.8 Å². The third-order valence-corrected chi connectivity index (χ3v) is 7.68. The zero-order chi connectivity index (χ0) is 15.5. The van der Waals surface area contributed by atoms with Crippen molar-refractivity contribution in [2.75, 3.05) is 33.9 Å². The summed E-state index contributed by atoms with van der Waals surface area (Å²) in [5, 5.41) is 3.04. The molecule has 120 valence electrons. The van der Waals surface area contributed by atoms with Crippen molar-refractivity contribution in [3.05, 3.63) is 14.7 Å². The summed E-state index contributed by atoms with van der Waals surface area (Å²) in [6.07, 6.45) is 1.91. The number of nitrogens with zero attached hydrogens (tertiary/aromatic N) is 1. The van der Waals surface area contributed by atoms with Crippen LogP contribution in [0, 0.1) is 5.92 Å². The average molecular weight is 397 g/mol. The highest BCUT2D eigenvalue weighted by atomic mass is 79.9. The monoisotopic (exact) mass is 396 g/mol. The molecule has 21 heavy (non-hydrogen) atoms. The molecule has 0 saturated carbocycles. The van der Waals surface area contributed by atoms with Crippen LogP contribution >= 0.6 is 27.3 Å². The minimum Gasteiger partial charge on any atom is -0.384 e. The molecule has 1 atom stereocenters. The van der Waals surface area contributed by atoms with Crippen LogP contribution in [0.15, 0.2) is 14.7 Å². The summed E-state index contributed by atoms with van der Waals surface area (Å²) in [6, 6.07) is 1.76. The number of nitrogens with one attached hydrogen (secondary N) is 1. The second-order valence-electron chi connectivity index (χ2n) is 5.21. The van der Waals surface area contributed by atoms with Gasteiger partial charge in [-0.15, -0.1) is 11.3 Å². The predicted molar refractivity (Wildman–Crippen MR) is 88.1 cm³/mol. The third kappa shape index (κ3) is 4.05. The highest BCUT2D eigenvalue weighted by Crippen LogP contribution is 2.35. The molecule has 1 aromatic rings. The molecule has 0 radical (unpaired) electrons. The zero-order valence-electron chi connectivity index (χ0n) is 12.3. The molecule has 1 N–H and O–H groups in total. The lowest BCUT2D eigenvalue weighted by Crippen LogP contribution is -2.41. The summed E-state index contributed by atoms with van der Waals surface area (Å²) in [4.78, 5) is 1.39. The molecule has 0 bridgehead atoms. The van der Waals surface area contributed by atoms with E-state index in [4.69, 9.17) is 4.74 Å². The third-order valence-electron chi connectivity index (χ3n) is 3.56. The molecule has 5 nitrogen and oxygen atoms in total. The fourth-order valence-corrected chi connectivity index (χ4v) is 6.79. The maximum atomic E-state index is 12.8. The van der Waals surface area contributed by atoms with Gasteiger partial charge in [-0.1, -0.05) is 0 Å². The van der Waals surface area contributed by atoms with E-state index in [9.17, 15) is 8.42 Å². The minimum absolute atomic E-state index is 0.285. The van der Waals surface area contributed by atoms with Crippen molar-refractivity contribution in [3.63, 3.8) is 0 Å². The lowest BCUT2D eigenvalue weighted by atomic mass is 10.0. The molecular weight excluding hydrogens is 376 g/mol. The molecule has 2 heterocycles. The van der Waals surface area contributed by atoms with Gasteiger partial charge < -0.3 is 10.1 Å². The Labute approximate surface area is 138 Å². The zero-order valence-corrected chi connectivity index (χ0v) is 15.5. The molecule has 0 aromatic carbocycles. The van der Waals surface area contributed by atoms with Crippen LogP contribution < -0.4 is 5.32 Å². The predicted octanol–water partition coefficient (Wildman–Crippen LogP) is 2.28. The van der Waals surface area contributed by atoms with Crippen LogP contribution in [0.2, 0.25) is 0 Å². The first-order valence-electron chi connectivity index (χ1n) is 6.91. The second-order valence-corrected chi connectivity index (χ2v) is 9.57. The smallest absolute Gasteiger partial charge is 0.245 e. The molecule has 1 fully saturated rings. The number of piperidine rings is 1. The molecule has 0 amide bonds. The number of ether oxygens (including phenoxy) is 1. The van der Waals surface area contributed by atoms with Crippen molar-refractivity contribution >= 4 is 37.3 Å². The van der Waals surface area contributed by atoms with Crippen molar-refractivity contribution in [2.45, 2.75) is 24.3 Å². The molecular formula is C13H21BrN2O3S2. The van der Waals surface area contributed by atoms with Gasteiger partial charge in [0.1, 0.15) is 4.90 Å². The lowest BCUT2D eigenvalue weighted by Gasteiger charge is -2.31. The number of methoxy groups -OCH3 is 1. The van der Waals surface area contributed by atoms with E-state index in [0.717, 1.165) is 17.7 Å². The van der Waals surface area contributed by atoms with E-state index in [-0.39, 0.29) is 5.92 Å². The number of rotatable bonds is 6. The van der Waals surface area contributed by atoms with Crippen LogP contribution in [0.1, 0.15) is 17.7 Å². The van der Waals surface area contributed by atoms with Crippen molar-refractivity contribution < 1.29 is 13.2 Å². The van der Waals surface area contributed by atoms with Crippen molar-refractivity contribution in [3.8, 4) is 0 Å². The summed E-state index contributed by atoms with van der Waals surface area (Å²) in [5.41, 5.74) is 0. The van der Waals surface area contributed by atoms with Crippen LogP contribution in [0.3, 0.4) is 0 Å². The highest BCUT2D eigenvalue weighted by molar-refractivity contribution is 9.11. The first kappa shape index (κ1) is 17.4. The van der Waals surface area contributed by atoms with Gasteiger partial charge in [0.25, 0.3) is 0 Å². The first-order chi connectivity index (χ1) is 9.98. The van der Waals surface area contributed by atoms with Gasteiger partial charge in [-0.2, -0.15) is 4.31 Å². The van der Waals surface area contributed by atoms with E-state index in [1.807, 2.05) is 7.05 Å². The Kier molecular flexibility index (Phi) is 6.22. The van der Waals surface area contributed by atoms with Gasteiger partial charge in [-0.3, -0.25) is 0 Å². The quantitative estimate of drug-likeness (QED) is 0.800. The SMILES string of the molecule is CNCc1cc(S(=O)(=O)N2CCCC(COC)C2)c(Br)s1. The van der Waals surface area contributed by atoms with Gasteiger partial charge >= 0.3 is 0 Å². The Morgan fingerprint density at radius 1 is 1.57 bits per heavy atom. The van der Waals surface area contributed by atoms with Crippen molar-refractivity contribution in [1.29, 1.82) is 0 Å². The summed E-state index contributed by atoms with van der Waals surface area (Å²) in [5.74, 6) is 0.285. The lowest BCUT2D eigenvalue weighted by molar-refractivity contribution is 0.118. The molecule has 1 aromatic heterocycles. The van der Waals surface area contributed by atoms with E-state index < -0.39 is 10.0 Å². The molecule has 1 saturated heterocycles. The van der Waals surface area contributed by atoms with Crippen molar-refractivity contribution in [2.24, 2.45) is 5.92 Å². The van der Waals surface area contributed by atoms with E-state index in [1.54, 1.807) is 17.5 Å². The van der Waals surface area contributed by atoms with E-state index in [1.165, 1.54) is 11.3 Å². The maximum Gasteiger partial charge on any atom is 0.245 e. The van der Waals surface area contributed by atoms with E-state index in [2.05, 4.69) is 21.2 Å². The number of sulfonamides is 1. The molecule has 8 heteroatoms.